The number of nitrogens with two attached hydrogens (primary N) is 1. The maximum atomic E-state index is 6.37. The molecule has 0 bridgehead atoms. The Kier molecular flexibility index (Phi) is 4.61. The Morgan fingerprint density at radius 2 is 1.68 bits per heavy atom. The van der Waals surface area contributed by atoms with Crippen LogP contribution in [-0.2, 0) is 4.74 Å². The van der Waals surface area contributed by atoms with Crippen molar-refractivity contribution in [2.75, 3.05) is 19.6 Å². The Labute approximate surface area is 116 Å². The van der Waals surface area contributed by atoms with Gasteiger partial charge in [0.15, 0.2) is 0 Å². The third-order valence-corrected chi connectivity index (χ3v) is 3.62. The van der Waals surface area contributed by atoms with Gasteiger partial charge in [0, 0.05) is 25.7 Å². The van der Waals surface area contributed by atoms with E-state index in [2.05, 4.69) is 50.8 Å². The van der Waals surface area contributed by atoms with Crippen LogP contribution in [-0.4, -0.2) is 36.7 Å². The number of hydrogen-bond donors (Lipinski definition) is 1. The van der Waals surface area contributed by atoms with Crippen LogP contribution in [0, 0.1) is 13.8 Å². The fraction of sp³-hybridized carbons (Fsp3) is 0.625. The van der Waals surface area contributed by atoms with Crippen molar-refractivity contribution in [3.05, 3.63) is 34.9 Å². The van der Waals surface area contributed by atoms with Crippen molar-refractivity contribution in [3.63, 3.8) is 0 Å². The predicted octanol–water partition coefficient (Wildman–Crippen LogP) is 2.41. The number of hydrogen-bond acceptors (Lipinski definition) is 3. The van der Waals surface area contributed by atoms with Gasteiger partial charge in [-0.2, -0.15) is 0 Å². The summed E-state index contributed by atoms with van der Waals surface area (Å²) in [7, 11) is 0. The van der Waals surface area contributed by atoms with E-state index in [0.29, 0.717) is 12.2 Å². The van der Waals surface area contributed by atoms with E-state index in [0.717, 1.165) is 19.6 Å². The van der Waals surface area contributed by atoms with E-state index in [1.165, 1.54) is 16.7 Å². The summed E-state index contributed by atoms with van der Waals surface area (Å²) in [5.41, 5.74) is 10.2. The Morgan fingerprint density at radius 1 is 1.16 bits per heavy atom. The Bertz CT molecular complexity index is 403. The van der Waals surface area contributed by atoms with Gasteiger partial charge in [-0.05, 0) is 33.3 Å². The molecule has 0 amide bonds. The molecule has 3 nitrogen and oxygen atoms in total. The predicted molar refractivity (Wildman–Crippen MR) is 79.3 cm³/mol. The number of aryl methyl sites for hydroxylation is 2. The normalized spacial score (nSPS) is 26.4. The van der Waals surface area contributed by atoms with Crippen LogP contribution in [0.4, 0.5) is 0 Å². The molecule has 1 unspecified atom stereocenters. The van der Waals surface area contributed by atoms with Crippen LogP contribution < -0.4 is 5.73 Å². The van der Waals surface area contributed by atoms with Crippen LogP contribution in [0.15, 0.2) is 18.2 Å². The summed E-state index contributed by atoms with van der Waals surface area (Å²) in [5.74, 6) is 0. The van der Waals surface area contributed by atoms with E-state index in [9.17, 15) is 0 Å². The Balaban J connectivity index is 2.01. The molecule has 1 aliphatic heterocycles. The number of rotatable bonds is 3. The third-order valence-electron chi connectivity index (χ3n) is 3.62. The number of nitrogens with zero attached hydrogens (tertiary/aromatic N) is 1. The molecule has 1 aromatic rings. The standard InChI is InChI=1S/C16H26N2O/c1-11-5-12(2)7-15(6-11)16(17)10-18-8-13(3)19-14(4)9-18/h5-7,13-14,16H,8-10,17H2,1-4H3/t13-,14+,16?. The van der Waals surface area contributed by atoms with Crippen LogP contribution in [0.3, 0.4) is 0 Å². The quantitative estimate of drug-likeness (QED) is 0.909. The van der Waals surface area contributed by atoms with Crippen molar-refractivity contribution in [2.45, 2.75) is 45.9 Å². The van der Waals surface area contributed by atoms with Crippen molar-refractivity contribution in [1.29, 1.82) is 0 Å². The number of morpholine rings is 1. The molecule has 0 spiro atoms. The largest absolute Gasteiger partial charge is 0.373 e. The summed E-state index contributed by atoms with van der Waals surface area (Å²) in [6.45, 7) is 11.4. The maximum Gasteiger partial charge on any atom is 0.0678 e. The molecule has 3 atom stereocenters. The molecule has 0 radical (unpaired) electrons. The molecule has 0 aromatic heterocycles. The van der Waals surface area contributed by atoms with Gasteiger partial charge in [0.05, 0.1) is 12.2 Å². The first-order valence-corrected chi connectivity index (χ1v) is 7.15. The molecule has 1 heterocycles. The van der Waals surface area contributed by atoms with E-state index in [1.54, 1.807) is 0 Å². The van der Waals surface area contributed by atoms with Gasteiger partial charge in [-0.25, -0.2) is 0 Å². The topological polar surface area (TPSA) is 38.5 Å². The Hall–Kier alpha value is -0.900. The molecule has 106 valence electrons. The minimum atomic E-state index is 0.0797. The van der Waals surface area contributed by atoms with Gasteiger partial charge < -0.3 is 10.5 Å². The van der Waals surface area contributed by atoms with Crippen LogP contribution in [0.25, 0.3) is 0 Å². The van der Waals surface area contributed by atoms with Crippen molar-refractivity contribution < 1.29 is 4.74 Å². The van der Waals surface area contributed by atoms with Gasteiger partial charge in [-0.3, -0.25) is 4.90 Å². The fourth-order valence-electron chi connectivity index (χ4n) is 3.04. The first-order chi connectivity index (χ1) is 8.94. The fourth-order valence-corrected chi connectivity index (χ4v) is 3.04. The number of benzene rings is 1. The van der Waals surface area contributed by atoms with E-state index < -0.39 is 0 Å². The summed E-state index contributed by atoms with van der Waals surface area (Å²) in [5, 5.41) is 0. The Morgan fingerprint density at radius 3 is 2.21 bits per heavy atom. The van der Waals surface area contributed by atoms with Gasteiger partial charge >= 0.3 is 0 Å². The molecule has 1 saturated heterocycles. The average Bonchev–Trinajstić information content (AvgIpc) is 2.25. The zero-order chi connectivity index (χ0) is 14.0. The monoisotopic (exact) mass is 262 g/mol. The van der Waals surface area contributed by atoms with Crippen molar-refractivity contribution in [1.82, 2.24) is 4.90 Å². The second-order valence-corrected chi connectivity index (χ2v) is 6.00. The van der Waals surface area contributed by atoms with Crippen LogP contribution in [0.5, 0.6) is 0 Å². The molecule has 1 fully saturated rings. The molecule has 3 heteroatoms. The highest BCUT2D eigenvalue weighted by atomic mass is 16.5. The van der Waals surface area contributed by atoms with E-state index >= 15 is 0 Å². The van der Waals surface area contributed by atoms with Crippen molar-refractivity contribution in [3.8, 4) is 0 Å². The summed E-state index contributed by atoms with van der Waals surface area (Å²) in [4.78, 5) is 2.42. The zero-order valence-electron chi connectivity index (χ0n) is 12.5. The first-order valence-electron chi connectivity index (χ1n) is 7.15. The molecule has 2 rings (SSSR count). The van der Waals surface area contributed by atoms with Gasteiger partial charge in [0.2, 0.25) is 0 Å². The van der Waals surface area contributed by atoms with Crippen molar-refractivity contribution in [2.24, 2.45) is 5.73 Å². The van der Waals surface area contributed by atoms with Crippen LogP contribution in [0.1, 0.15) is 36.6 Å². The lowest BCUT2D eigenvalue weighted by molar-refractivity contribution is -0.0691. The minimum Gasteiger partial charge on any atom is -0.373 e. The van der Waals surface area contributed by atoms with Crippen molar-refractivity contribution >= 4 is 0 Å². The molecule has 19 heavy (non-hydrogen) atoms. The zero-order valence-corrected chi connectivity index (χ0v) is 12.5. The lowest BCUT2D eigenvalue weighted by atomic mass is 10.0. The van der Waals surface area contributed by atoms with Gasteiger partial charge in [0.25, 0.3) is 0 Å². The van der Waals surface area contributed by atoms with Crippen LogP contribution >= 0.6 is 0 Å². The maximum absolute atomic E-state index is 6.37. The van der Waals surface area contributed by atoms with E-state index in [4.69, 9.17) is 10.5 Å². The smallest absolute Gasteiger partial charge is 0.0678 e. The van der Waals surface area contributed by atoms with Gasteiger partial charge in [0.1, 0.15) is 0 Å². The second kappa shape index (κ2) is 6.04. The van der Waals surface area contributed by atoms with Crippen LogP contribution in [0.2, 0.25) is 0 Å². The summed E-state index contributed by atoms with van der Waals surface area (Å²) >= 11 is 0. The summed E-state index contributed by atoms with van der Waals surface area (Å²) in [6.07, 6.45) is 0.602. The molecule has 1 aromatic carbocycles. The third kappa shape index (κ3) is 4.03. The summed E-state index contributed by atoms with van der Waals surface area (Å²) in [6, 6.07) is 6.67. The molecule has 1 aliphatic rings. The highest BCUT2D eigenvalue weighted by Gasteiger charge is 2.23. The van der Waals surface area contributed by atoms with E-state index in [1.807, 2.05) is 0 Å². The summed E-state index contributed by atoms with van der Waals surface area (Å²) < 4.78 is 5.76. The van der Waals surface area contributed by atoms with E-state index in [-0.39, 0.29) is 6.04 Å². The minimum absolute atomic E-state index is 0.0797. The molecule has 2 N–H and O–H groups in total. The SMILES string of the molecule is Cc1cc(C)cc(C(N)CN2C[C@@H](C)O[C@@H](C)C2)c1. The van der Waals surface area contributed by atoms with Gasteiger partial charge in [-0.15, -0.1) is 0 Å². The molecular weight excluding hydrogens is 236 g/mol. The average molecular weight is 262 g/mol. The molecule has 0 saturated carbocycles. The lowest BCUT2D eigenvalue weighted by Gasteiger charge is -2.36. The molecular formula is C16H26N2O. The second-order valence-electron chi connectivity index (χ2n) is 6.00. The highest BCUT2D eigenvalue weighted by molar-refractivity contribution is 5.30. The van der Waals surface area contributed by atoms with Gasteiger partial charge in [-0.1, -0.05) is 29.3 Å². The first kappa shape index (κ1) is 14.5. The number of ether oxygens (including phenoxy) is 1. The molecule has 0 aliphatic carbocycles. The highest BCUT2D eigenvalue weighted by Crippen LogP contribution is 2.18. The lowest BCUT2D eigenvalue weighted by Crippen LogP contribution is -2.47.